The van der Waals surface area contributed by atoms with Gasteiger partial charge in [0.2, 0.25) is 0 Å². The minimum Gasteiger partial charge on any atom is -0.357 e. The Labute approximate surface area is 99.0 Å². The lowest BCUT2D eigenvalue weighted by atomic mass is 9.76. The number of nitrogens with zero attached hydrogens (tertiary/aromatic N) is 1. The maximum Gasteiger partial charge on any atom is 0.0220 e. The van der Waals surface area contributed by atoms with Crippen molar-refractivity contribution in [3.63, 3.8) is 0 Å². The Bertz CT molecular complexity index is 321. The standard InChI is InChI=1S/C14H24N2/c1-14(7-4-3-5-8-14)12-15-10-13-6-9-16(2)11-13/h6,9,11,15H,3-5,7-8,10,12H2,1-2H3. The topological polar surface area (TPSA) is 17.0 Å². The van der Waals surface area contributed by atoms with Crippen LogP contribution in [0, 0.1) is 5.41 Å². The van der Waals surface area contributed by atoms with E-state index in [1.165, 1.54) is 44.2 Å². The van der Waals surface area contributed by atoms with Gasteiger partial charge in [0.15, 0.2) is 0 Å². The molecule has 2 nitrogen and oxygen atoms in total. The molecule has 1 aliphatic carbocycles. The summed E-state index contributed by atoms with van der Waals surface area (Å²) in [5.74, 6) is 0. The third-order valence-electron chi connectivity index (χ3n) is 3.83. The molecule has 90 valence electrons. The van der Waals surface area contributed by atoms with Crippen LogP contribution in [0.5, 0.6) is 0 Å². The molecule has 0 saturated heterocycles. The molecule has 0 aliphatic heterocycles. The number of aryl methyl sites for hydroxylation is 1. The second-order valence-electron chi connectivity index (χ2n) is 5.66. The first kappa shape index (κ1) is 11.7. The number of aromatic nitrogens is 1. The van der Waals surface area contributed by atoms with Crippen LogP contribution < -0.4 is 5.32 Å². The molecule has 0 atom stereocenters. The van der Waals surface area contributed by atoms with Gasteiger partial charge < -0.3 is 9.88 Å². The Hall–Kier alpha value is -0.760. The van der Waals surface area contributed by atoms with Gasteiger partial charge in [0.1, 0.15) is 0 Å². The molecule has 0 amide bonds. The Morgan fingerprint density at radius 1 is 1.31 bits per heavy atom. The van der Waals surface area contributed by atoms with E-state index in [-0.39, 0.29) is 0 Å². The fourth-order valence-electron chi connectivity index (χ4n) is 2.76. The third kappa shape index (κ3) is 3.11. The van der Waals surface area contributed by atoms with Gasteiger partial charge in [-0.05, 0) is 29.9 Å². The number of rotatable bonds is 4. The molecule has 1 aromatic heterocycles. The smallest absolute Gasteiger partial charge is 0.0220 e. The molecular weight excluding hydrogens is 196 g/mol. The summed E-state index contributed by atoms with van der Waals surface area (Å²) in [6, 6.07) is 2.19. The summed E-state index contributed by atoms with van der Waals surface area (Å²) >= 11 is 0. The largest absolute Gasteiger partial charge is 0.357 e. The van der Waals surface area contributed by atoms with Gasteiger partial charge in [-0.15, -0.1) is 0 Å². The van der Waals surface area contributed by atoms with Crippen LogP contribution >= 0.6 is 0 Å². The predicted molar refractivity (Wildman–Crippen MR) is 68.3 cm³/mol. The highest BCUT2D eigenvalue weighted by Gasteiger charge is 2.25. The molecule has 16 heavy (non-hydrogen) atoms. The second-order valence-corrected chi connectivity index (χ2v) is 5.66. The summed E-state index contributed by atoms with van der Waals surface area (Å²) in [5, 5.41) is 3.61. The van der Waals surface area contributed by atoms with E-state index in [9.17, 15) is 0 Å². The zero-order valence-electron chi connectivity index (χ0n) is 10.6. The number of hydrogen-bond donors (Lipinski definition) is 1. The predicted octanol–water partition coefficient (Wildman–Crippen LogP) is 3.09. The molecule has 0 spiro atoms. The van der Waals surface area contributed by atoms with Crippen molar-refractivity contribution >= 4 is 0 Å². The molecule has 2 heteroatoms. The van der Waals surface area contributed by atoms with E-state index in [0.717, 1.165) is 6.54 Å². The second kappa shape index (κ2) is 5.05. The van der Waals surface area contributed by atoms with Gasteiger partial charge in [-0.1, -0.05) is 26.2 Å². The van der Waals surface area contributed by atoms with E-state index in [4.69, 9.17) is 0 Å². The van der Waals surface area contributed by atoms with Crippen molar-refractivity contribution in [1.29, 1.82) is 0 Å². The van der Waals surface area contributed by atoms with E-state index in [1.807, 2.05) is 0 Å². The molecule has 1 fully saturated rings. The minimum atomic E-state index is 0.549. The van der Waals surface area contributed by atoms with Crippen molar-refractivity contribution in [3.05, 3.63) is 24.0 Å². The van der Waals surface area contributed by atoms with E-state index in [2.05, 4.69) is 42.3 Å². The summed E-state index contributed by atoms with van der Waals surface area (Å²) in [6.45, 7) is 4.61. The average Bonchev–Trinajstić information content (AvgIpc) is 2.65. The van der Waals surface area contributed by atoms with Crippen molar-refractivity contribution < 1.29 is 0 Å². The molecule has 0 aromatic carbocycles. The molecule has 0 unspecified atom stereocenters. The van der Waals surface area contributed by atoms with Crippen LogP contribution in [0.15, 0.2) is 18.5 Å². The first-order valence-electron chi connectivity index (χ1n) is 6.50. The Balaban J connectivity index is 1.74. The summed E-state index contributed by atoms with van der Waals surface area (Å²) in [4.78, 5) is 0. The van der Waals surface area contributed by atoms with Gasteiger partial charge in [0, 0.05) is 32.5 Å². The molecule has 1 N–H and O–H groups in total. The quantitative estimate of drug-likeness (QED) is 0.825. The molecule has 2 rings (SSSR count). The molecule has 1 aromatic rings. The maximum atomic E-state index is 3.61. The van der Waals surface area contributed by atoms with Crippen LogP contribution in [0.1, 0.15) is 44.6 Å². The van der Waals surface area contributed by atoms with Crippen LogP contribution in [0.25, 0.3) is 0 Å². The van der Waals surface area contributed by atoms with Crippen molar-refractivity contribution in [3.8, 4) is 0 Å². The van der Waals surface area contributed by atoms with Crippen molar-refractivity contribution in [2.45, 2.75) is 45.6 Å². The fourth-order valence-corrected chi connectivity index (χ4v) is 2.76. The van der Waals surface area contributed by atoms with Gasteiger partial charge in [-0.25, -0.2) is 0 Å². The molecule has 0 bridgehead atoms. The first-order valence-corrected chi connectivity index (χ1v) is 6.50. The SMILES string of the molecule is Cn1ccc(CNCC2(C)CCCCC2)c1. The van der Waals surface area contributed by atoms with E-state index < -0.39 is 0 Å². The molecular formula is C14H24N2. The summed E-state index contributed by atoms with van der Waals surface area (Å²) < 4.78 is 2.11. The van der Waals surface area contributed by atoms with Crippen molar-refractivity contribution in [1.82, 2.24) is 9.88 Å². The van der Waals surface area contributed by atoms with Crippen LogP contribution in [-0.4, -0.2) is 11.1 Å². The Kier molecular flexibility index (Phi) is 3.70. The van der Waals surface area contributed by atoms with Gasteiger partial charge in [0.05, 0.1) is 0 Å². The highest BCUT2D eigenvalue weighted by Crippen LogP contribution is 2.34. The normalized spacial score (nSPS) is 19.9. The van der Waals surface area contributed by atoms with Gasteiger partial charge in [0.25, 0.3) is 0 Å². The van der Waals surface area contributed by atoms with Crippen LogP contribution in [0.3, 0.4) is 0 Å². The highest BCUT2D eigenvalue weighted by atomic mass is 14.9. The third-order valence-corrected chi connectivity index (χ3v) is 3.83. The highest BCUT2D eigenvalue weighted by molar-refractivity contribution is 5.09. The van der Waals surface area contributed by atoms with Gasteiger partial charge in [-0.2, -0.15) is 0 Å². The summed E-state index contributed by atoms with van der Waals surface area (Å²) in [5.41, 5.74) is 1.94. The van der Waals surface area contributed by atoms with E-state index in [1.54, 1.807) is 0 Å². The molecule has 1 heterocycles. The monoisotopic (exact) mass is 220 g/mol. The van der Waals surface area contributed by atoms with Crippen LogP contribution in [0.4, 0.5) is 0 Å². The zero-order valence-corrected chi connectivity index (χ0v) is 10.6. The zero-order chi connectivity index (χ0) is 11.4. The lowest BCUT2D eigenvalue weighted by Gasteiger charge is -2.33. The summed E-state index contributed by atoms with van der Waals surface area (Å²) in [7, 11) is 2.08. The summed E-state index contributed by atoms with van der Waals surface area (Å²) in [6.07, 6.45) is 11.4. The Morgan fingerprint density at radius 2 is 2.06 bits per heavy atom. The molecule has 1 saturated carbocycles. The van der Waals surface area contributed by atoms with Crippen LogP contribution in [-0.2, 0) is 13.6 Å². The lowest BCUT2D eigenvalue weighted by Crippen LogP contribution is -2.33. The molecule has 0 radical (unpaired) electrons. The van der Waals surface area contributed by atoms with Gasteiger partial charge in [-0.3, -0.25) is 0 Å². The number of hydrogen-bond acceptors (Lipinski definition) is 1. The average molecular weight is 220 g/mol. The Morgan fingerprint density at radius 3 is 2.69 bits per heavy atom. The van der Waals surface area contributed by atoms with E-state index in [0.29, 0.717) is 5.41 Å². The van der Waals surface area contributed by atoms with E-state index >= 15 is 0 Å². The number of nitrogens with one attached hydrogen (secondary N) is 1. The lowest BCUT2D eigenvalue weighted by molar-refractivity contribution is 0.207. The van der Waals surface area contributed by atoms with Crippen molar-refractivity contribution in [2.75, 3.05) is 6.54 Å². The molecule has 1 aliphatic rings. The maximum absolute atomic E-state index is 3.61. The first-order chi connectivity index (χ1) is 7.68. The fraction of sp³-hybridized carbons (Fsp3) is 0.714. The minimum absolute atomic E-state index is 0.549. The van der Waals surface area contributed by atoms with Gasteiger partial charge >= 0.3 is 0 Å². The van der Waals surface area contributed by atoms with Crippen molar-refractivity contribution in [2.24, 2.45) is 12.5 Å². The van der Waals surface area contributed by atoms with Crippen LogP contribution in [0.2, 0.25) is 0 Å².